The number of rotatable bonds is 4. The molecule has 0 fully saturated rings. The minimum absolute atomic E-state index is 0.0198. The first-order valence-electron chi connectivity index (χ1n) is 5.23. The third kappa shape index (κ3) is 3.22. The first-order valence-corrected chi connectivity index (χ1v) is 6.05. The van der Waals surface area contributed by atoms with Crippen molar-refractivity contribution in [3.8, 4) is 10.9 Å². The maximum absolute atomic E-state index is 13.3. The summed E-state index contributed by atoms with van der Waals surface area (Å²) in [5.74, 6) is -2.36. The number of halogens is 2. The second-order valence-corrected chi connectivity index (χ2v) is 4.21. The predicted molar refractivity (Wildman–Crippen MR) is 62.3 cm³/mol. The van der Waals surface area contributed by atoms with Gasteiger partial charge in [-0.25, -0.2) is 13.6 Å². The molecule has 0 atom stereocenters. The molecular weight excluding hydrogens is 278 g/mol. The molecule has 0 spiro atoms. The Kier molecular flexibility index (Phi) is 4.00. The number of ether oxygens (including phenoxy) is 2. The normalized spacial score (nSPS) is 10.3. The van der Waals surface area contributed by atoms with Crippen LogP contribution in [0.1, 0.15) is 16.7 Å². The largest absolute Gasteiger partial charge is 0.461 e. The van der Waals surface area contributed by atoms with Crippen molar-refractivity contribution >= 4 is 17.3 Å². The highest BCUT2D eigenvalue weighted by molar-refractivity contribution is 7.14. The minimum atomic E-state index is -0.741. The van der Waals surface area contributed by atoms with Crippen molar-refractivity contribution in [1.82, 2.24) is 10.2 Å². The third-order valence-corrected chi connectivity index (χ3v) is 2.73. The van der Waals surface area contributed by atoms with Gasteiger partial charge in [-0.1, -0.05) is 5.10 Å². The van der Waals surface area contributed by atoms with Crippen LogP contribution in [-0.2, 0) is 4.74 Å². The lowest BCUT2D eigenvalue weighted by molar-refractivity contribution is 0.0525. The van der Waals surface area contributed by atoms with E-state index >= 15 is 0 Å². The minimum Gasteiger partial charge on any atom is -0.461 e. The Labute approximate surface area is 110 Å². The van der Waals surface area contributed by atoms with Crippen LogP contribution in [0.3, 0.4) is 0 Å². The van der Waals surface area contributed by atoms with Crippen LogP contribution in [0.2, 0.25) is 0 Å². The van der Waals surface area contributed by atoms with Crippen LogP contribution in [-0.4, -0.2) is 22.8 Å². The highest BCUT2D eigenvalue weighted by Crippen LogP contribution is 2.27. The molecule has 0 aliphatic rings. The second kappa shape index (κ2) is 5.70. The molecule has 0 N–H and O–H groups in total. The fraction of sp³-hybridized carbons (Fsp3) is 0.182. The van der Waals surface area contributed by atoms with Gasteiger partial charge in [0, 0.05) is 6.07 Å². The van der Waals surface area contributed by atoms with Crippen LogP contribution >= 0.6 is 11.3 Å². The Morgan fingerprint density at radius 2 is 2.16 bits per heavy atom. The van der Waals surface area contributed by atoms with Crippen molar-refractivity contribution in [3.63, 3.8) is 0 Å². The highest BCUT2D eigenvalue weighted by atomic mass is 32.1. The van der Waals surface area contributed by atoms with Gasteiger partial charge in [-0.05, 0) is 30.4 Å². The topological polar surface area (TPSA) is 61.3 Å². The molecular formula is C11H8F2N2O3S. The average molecular weight is 286 g/mol. The zero-order valence-electron chi connectivity index (χ0n) is 9.72. The molecule has 0 bridgehead atoms. The Morgan fingerprint density at radius 1 is 1.37 bits per heavy atom. The van der Waals surface area contributed by atoms with E-state index in [0.29, 0.717) is 0 Å². The molecule has 0 saturated carbocycles. The lowest BCUT2D eigenvalue weighted by atomic mass is 10.3. The van der Waals surface area contributed by atoms with E-state index < -0.39 is 17.6 Å². The van der Waals surface area contributed by atoms with Crippen LogP contribution in [0, 0.1) is 11.6 Å². The lowest BCUT2D eigenvalue weighted by Crippen LogP contribution is -2.03. The van der Waals surface area contributed by atoms with Crippen molar-refractivity contribution in [2.45, 2.75) is 6.92 Å². The van der Waals surface area contributed by atoms with Gasteiger partial charge in [-0.3, -0.25) is 0 Å². The van der Waals surface area contributed by atoms with E-state index in [1.54, 1.807) is 6.92 Å². The number of carbonyl (C=O) groups is 1. The van der Waals surface area contributed by atoms with Gasteiger partial charge in [0.2, 0.25) is 5.01 Å². The predicted octanol–water partition coefficient (Wildman–Crippen LogP) is 2.79. The Hall–Kier alpha value is -2.09. The Morgan fingerprint density at radius 3 is 2.89 bits per heavy atom. The number of hydrogen-bond donors (Lipinski definition) is 0. The van der Waals surface area contributed by atoms with E-state index in [9.17, 15) is 13.6 Å². The number of esters is 1. The van der Waals surface area contributed by atoms with Crippen molar-refractivity contribution in [3.05, 3.63) is 34.8 Å². The Bertz CT molecular complexity index is 603. The molecule has 0 amide bonds. The molecule has 5 nitrogen and oxygen atoms in total. The molecule has 0 saturated heterocycles. The van der Waals surface area contributed by atoms with Crippen molar-refractivity contribution in [1.29, 1.82) is 0 Å². The van der Waals surface area contributed by atoms with Gasteiger partial charge in [0.05, 0.1) is 6.61 Å². The van der Waals surface area contributed by atoms with Gasteiger partial charge in [0.15, 0.2) is 11.6 Å². The zero-order chi connectivity index (χ0) is 13.8. The quantitative estimate of drug-likeness (QED) is 0.809. The number of nitrogens with zero attached hydrogens (tertiary/aromatic N) is 2. The van der Waals surface area contributed by atoms with Crippen LogP contribution in [0.4, 0.5) is 8.78 Å². The van der Waals surface area contributed by atoms with E-state index in [4.69, 9.17) is 9.47 Å². The van der Waals surface area contributed by atoms with Gasteiger partial charge < -0.3 is 9.47 Å². The summed E-state index contributed by atoms with van der Waals surface area (Å²) in [4.78, 5) is 11.3. The number of carbonyl (C=O) groups excluding carboxylic acids is 1. The molecule has 2 rings (SSSR count). The molecule has 100 valence electrons. The third-order valence-electron chi connectivity index (χ3n) is 1.95. The monoisotopic (exact) mass is 286 g/mol. The van der Waals surface area contributed by atoms with Crippen LogP contribution in [0.5, 0.6) is 10.9 Å². The SMILES string of the molecule is CCOC(=O)c1nnc(Oc2cc(F)ccc2F)s1. The number of benzene rings is 1. The molecule has 1 heterocycles. The Balaban J connectivity index is 2.15. The van der Waals surface area contributed by atoms with Crippen molar-refractivity contribution < 1.29 is 23.0 Å². The summed E-state index contributed by atoms with van der Waals surface area (Å²) in [6, 6.07) is 2.77. The molecule has 1 aromatic carbocycles. The van der Waals surface area contributed by atoms with Gasteiger partial charge in [0.25, 0.3) is 5.19 Å². The summed E-state index contributed by atoms with van der Waals surface area (Å²) >= 11 is 0.782. The maximum atomic E-state index is 13.3. The fourth-order valence-electron chi connectivity index (χ4n) is 1.18. The zero-order valence-corrected chi connectivity index (χ0v) is 10.5. The maximum Gasteiger partial charge on any atom is 0.369 e. The molecule has 0 radical (unpaired) electrons. The van der Waals surface area contributed by atoms with E-state index in [1.807, 2.05) is 0 Å². The van der Waals surface area contributed by atoms with E-state index in [2.05, 4.69) is 10.2 Å². The van der Waals surface area contributed by atoms with Gasteiger partial charge >= 0.3 is 5.97 Å². The van der Waals surface area contributed by atoms with Gasteiger partial charge in [0.1, 0.15) is 5.82 Å². The summed E-state index contributed by atoms with van der Waals surface area (Å²) in [6.07, 6.45) is 0. The van der Waals surface area contributed by atoms with Gasteiger partial charge in [-0.15, -0.1) is 5.10 Å². The standard InChI is InChI=1S/C11H8F2N2O3S/c1-2-17-10(16)9-14-15-11(19-9)18-8-5-6(12)3-4-7(8)13/h3-5H,2H2,1H3. The van der Waals surface area contributed by atoms with E-state index in [0.717, 1.165) is 29.5 Å². The molecule has 1 aromatic heterocycles. The molecule has 0 aliphatic carbocycles. The van der Waals surface area contributed by atoms with Crippen molar-refractivity contribution in [2.75, 3.05) is 6.61 Å². The fourth-order valence-corrected chi connectivity index (χ4v) is 1.78. The van der Waals surface area contributed by atoms with E-state index in [-0.39, 0.29) is 22.6 Å². The molecule has 2 aromatic rings. The summed E-state index contributed by atoms with van der Waals surface area (Å²) in [6.45, 7) is 1.85. The number of hydrogen-bond acceptors (Lipinski definition) is 6. The van der Waals surface area contributed by atoms with Crippen LogP contribution in [0.25, 0.3) is 0 Å². The highest BCUT2D eigenvalue weighted by Gasteiger charge is 2.16. The second-order valence-electron chi connectivity index (χ2n) is 3.27. The summed E-state index contributed by atoms with van der Waals surface area (Å²) < 4.78 is 36.0. The average Bonchev–Trinajstić information content (AvgIpc) is 2.83. The molecule has 8 heteroatoms. The summed E-state index contributed by atoms with van der Waals surface area (Å²) in [5, 5.41) is 6.98. The van der Waals surface area contributed by atoms with Crippen molar-refractivity contribution in [2.24, 2.45) is 0 Å². The van der Waals surface area contributed by atoms with Crippen LogP contribution in [0.15, 0.2) is 18.2 Å². The van der Waals surface area contributed by atoms with Crippen LogP contribution < -0.4 is 4.74 Å². The first-order chi connectivity index (χ1) is 9.10. The smallest absolute Gasteiger partial charge is 0.369 e. The molecule has 0 unspecified atom stereocenters. The number of aromatic nitrogens is 2. The van der Waals surface area contributed by atoms with E-state index in [1.165, 1.54) is 0 Å². The first kappa shape index (κ1) is 13.3. The summed E-state index contributed by atoms with van der Waals surface area (Å²) in [7, 11) is 0. The van der Waals surface area contributed by atoms with Gasteiger partial charge in [-0.2, -0.15) is 0 Å². The molecule has 19 heavy (non-hydrogen) atoms. The summed E-state index contributed by atoms with van der Waals surface area (Å²) in [5.41, 5.74) is 0. The lowest BCUT2D eigenvalue weighted by Gasteiger charge is -2.01. The molecule has 0 aliphatic heterocycles.